The van der Waals surface area contributed by atoms with Crippen molar-refractivity contribution in [3.63, 3.8) is 0 Å². The average Bonchev–Trinajstić information content (AvgIpc) is 3.45. The number of carbonyl (C=O) groups excluding carboxylic acids is 1. The summed E-state index contributed by atoms with van der Waals surface area (Å²) in [5.74, 6) is 3.81. The summed E-state index contributed by atoms with van der Waals surface area (Å²) in [5, 5.41) is 0. The van der Waals surface area contributed by atoms with E-state index in [9.17, 15) is 4.79 Å². The predicted molar refractivity (Wildman–Crippen MR) is 84.9 cm³/mol. The molecule has 2 atom stereocenters. The number of aromatic nitrogens is 2. The van der Waals surface area contributed by atoms with Crippen LogP contribution < -0.4 is 0 Å². The fourth-order valence-electron chi connectivity index (χ4n) is 3.04. The first-order valence-electron chi connectivity index (χ1n) is 8.31. The zero-order valence-electron chi connectivity index (χ0n) is 13.5. The Morgan fingerprint density at radius 3 is 2.78 bits per heavy atom. The lowest BCUT2D eigenvalue weighted by atomic mass is 10.2. The van der Waals surface area contributed by atoms with E-state index in [0.29, 0.717) is 30.0 Å². The molecule has 23 heavy (non-hydrogen) atoms. The maximum atomic E-state index is 12.8. The Morgan fingerprint density at radius 2 is 2.13 bits per heavy atom. The molecule has 2 fully saturated rings. The molecule has 0 aliphatic heterocycles. The van der Waals surface area contributed by atoms with Gasteiger partial charge in [0.05, 0.1) is 6.54 Å². The number of aryl methyl sites for hydroxylation is 1. The molecule has 2 aromatic rings. The molecule has 5 heteroatoms. The molecule has 2 aliphatic carbocycles. The molecular formula is C18H21N3O2. The molecule has 1 amide bonds. The fraction of sp³-hybridized carbons (Fsp3) is 0.500. The minimum absolute atomic E-state index is 0.0317. The molecule has 2 heterocycles. The number of furan rings is 1. The Hall–Kier alpha value is -2.17. The molecule has 120 valence electrons. The molecule has 0 N–H and O–H groups in total. The van der Waals surface area contributed by atoms with Gasteiger partial charge >= 0.3 is 0 Å². The first-order valence-corrected chi connectivity index (χ1v) is 8.31. The van der Waals surface area contributed by atoms with Crippen molar-refractivity contribution in [3.05, 3.63) is 47.4 Å². The normalized spacial score (nSPS) is 22.9. The van der Waals surface area contributed by atoms with E-state index in [2.05, 4.69) is 23.0 Å². The third-order valence-corrected chi connectivity index (χ3v) is 4.73. The zero-order valence-corrected chi connectivity index (χ0v) is 13.5. The summed E-state index contributed by atoms with van der Waals surface area (Å²) in [6.07, 6.45) is 4.96. The number of carbonyl (C=O) groups is 1. The van der Waals surface area contributed by atoms with Crippen molar-refractivity contribution in [2.75, 3.05) is 0 Å². The van der Waals surface area contributed by atoms with Crippen LogP contribution in [0, 0.1) is 12.8 Å². The van der Waals surface area contributed by atoms with Crippen molar-refractivity contribution in [3.8, 4) is 0 Å². The summed E-state index contributed by atoms with van der Waals surface area (Å²) >= 11 is 0. The SMILES string of the molecule is Cc1nccc(C(=O)N(Cc2ccc([C@@H]3C[C@H]3C)o2)C2CC2)n1. The highest BCUT2D eigenvalue weighted by Crippen LogP contribution is 2.47. The van der Waals surface area contributed by atoms with Crippen LogP contribution in [0.4, 0.5) is 0 Å². The van der Waals surface area contributed by atoms with Gasteiger partial charge in [0.1, 0.15) is 23.0 Å². The van der Waals surface area contributed by atoms with E-state index in [4.69, 9.17) is 4.42 Å². The van der Waals surface area contributed by atoms with E-state index >= 15 is 0 Å². The van der Waals surface area contributed by atoms with Gasteiger partial charge in [-0.2, -0.15) is 0 Å². The second-order valence-corrected chi connectivity index (χ2v) is 6.78. The van der Waals surface area contributed by atoms with Gasteiger partial charge < -0.3 is 9.32 Å². The molecule has 0 bridgehead atoms. The fourth-order valence-corrected chi connectivity index (χ4v) is 3.04. The number of hydrogen-bond acceptors (Lipinski definition) is 4. The summed E-state index contributed by atoms with van der Waals surface area (Å²) in [6.45, 7) is 4.56. The van der Waals surface area contributed by atoms with Gasteiger partial charge in [0, 0.05) is 18.2 Å². The van der Waals surface area contributed by atoms with Gasteiger partial charge in [0.15, 0.2) is 0 Å². The maximum absolute atomic E-state index is 12.8. The Labute approximate surface area is 135 Å². The maximum Gasteiger partial charge on any atom is 0.273 e. The Bertz CT molecular complexity index is 735. The van der Waals surface area contributed by atoms with Crippen LogP contribution >= 0.6 is 0 Å². The Balaban J connectivity index is 1.52. The van der Waals surface area contributed by atoms with Gasteiger partial charge in [-0.05, 0) is 50.3 Å². The predicted octanol–water partition coefficient (Wildman–Crippen LogP) is 3.31. The lowest BCUT2D eigenvalue weighted by Gasteiger charge is -2.20. The molecular weight excluding hydrogens is 290 g/mol. The van der Waals surface area contributed by atoms with E-state index in [0.717, 1.165) is 30.3 Å². The first kappa shape index (κ1) is 14.4. The quantitative estimate of drug-likeness (QED) is 0.850. The van der Waals surface area contributed by atoms with E-state index in [1.165, 1.54) is 6.42 Å². The summed E-state index contributed by atoms with van der Waals surface area (Å²) in [5.41, 5.74) is 0.465. The van der Waals surface area contributed by atoms with Crippen molar-refractivity contribution < 1.29 is 9.21 Å². The van der Waals surface area contributed by atoms with Gasteiger partial charge in [0.25, 0.3) is 5.91 Å². The highest BCUT2D eigenvalue weighted by atomic mass is 16.3. The van der Waals surface area contributed by atoms with Gasteiger partial charge in [-0.25, -0.2) is 9.97 Å². The van der Waals surface area contributed by atoms with Gasteiger partial charge in [-0.15, -0.1) is 0 Å². The van der Waals surface area contributed by atoms with E-state index < -0.39 is 0 Å². The van der Waals surface area contributed by atoms with Gasteiger partial charge in [-0.3, -0.25) is 4.79 Å². The summed E-state index contributed by atoms with van der Waals surface area (Å²) in [7, 11) is 0. The average molecular weight is 311 g/mol. The van der Waals surface area contributed by atoms with Crippen molar-refractivity contribution in [2.24, 2.45) is 5.92 Å². The second kappa shape index (κ2) is 5.48. The minimum atomic E-state index is -0.0317. The molecule has 0 spiro atoms. The van der Waals surface area contributed by atoms with E-state index in [-0.39, 0.29) is 5.91 Å². The highest BCUT2D eigenvalue weighted by Gasteiger charge is 2.38. The largest absolute Gasteiger partial charge is 0.464 e. The van der Waals surface area contributed by atoms with Crippen LogP contribution in [-0.2, 0) is 6.54 Å². The zero-order chi connectivity index (χ0) is 16.0. The summed E-state index contributed by atoms with van der Waals surface area (Å²) < 4.78 is 5.97. The van der Waals surface area contributed by atoms with Crippen molar-refractivity contribution >= 4 is 5.91 Å². The van der Waals surface area contributed by atoms with Crippen molar-refractivity contribution in [1.82, 2.24) is 14.9 Å². The number of rotatable bonds is 5. The van der Waals surface area contributed by atoms with Crippen LogP contribution in [-0.4, -0.2) is 26.8 Å². The summed E-state index contributed by atoms with van der Waals surface area (Å²) in [6, 6.07) is 6.07. The molecule has 0 saturated heterocycles. The van der Waals surface area contributed by atoms with Crippen LogP contribution in [0.15, 0.2) is 28.8 Å². The molecule has 4 rings (SSSR count). The first-order chi connectivity index (χ1) is 11.1. The molecule has 2 saturated carbocycles. The molecule has 0 radical (unpaired) electrons. The number of amides is 1. The molecule has 5 nitrogen and oxygen atoms in total. The minimum Gasteiger partial charge on any atom is -0.464 e. The Kier molecular flexibility index (Phi) is 3.43. The van der Waals surface area contributed by atoms with Gasteiger partial charge in [-0.1, -0.05) is 6.92 Å². The summed E-state index contributed by atoms with van der Waals surface area (Å²) in [4.78, 5) is 23.0. The van der Waals surface area contributed by atoms with Gasteiger partial charge in [0.2, 0.25) is 0 Å². The molecule has 2 aliphatic rings. The lowest BCUT2D eigenvalue weighted by Crippen LogP contribution is -2.33. The topological polar surface area (TPSA) is 59.2 Å². The monoisotopic (exact) mass is 311 g/mol. The third-order valence-electron chi connectivity index (χ3n) is 4.73. The molecule has 2 aromatic heterocycles. The van der Waals surface area contributed by atoms with E-state index in [1.54, 1.807) is 19.2 Å². The van der Waals surface area contributed by atoms with Crippen LogP contribution in [0.1, 0.15) is 59.9 Å². The molecule has 0 unspecified atom stereocenters. The van der Waals surface area contributed by atoms with Crippen LogP contribution in [0.3, 0.4) is 0 Å². The third kappa shape index (κ3) is 3.00. The number of nitrogens with zero attached hydrogens (tertiary/aromatic N) is 3. The Morgan fingerprint density at radius 1 is 1.35 bits per heavy atom. The van der Waals surface area contributed by atoms with Crippen molar-refractivity contribution in [1.29, 1.82) is 0 Å². The standard InChI is InChI=1S/C18H21N3O2/c1-11-9-15(11)17-6-5-14(23-17)10-21(13-3-4-13)18(22)16-7-8-19-12(2)20-16/h5-8,11,13,15H,3-4,9-10H2,1-2H3/t11-,15-/m1/s1. The number of hydrogen-bond donors (Lipinski definition) is 0. The van der Waals surface area contributed by atoms with E-state index in [1.807, 2.05) is 11.0 Å². The van der Waals surface area contributed by atoms with Crippen LogP contribution in [0.2, 0.25) is 0 Å². The highest BCUT2D eigenvalue weighted by molar-refractivity contribution is 5.92. The smallest absolute Gasteiger partial charge is 0.273 e. The molecule has 0 aromatic carbocycles. The van der Waals surface area contributed by atoms with Crippen LogP contribution in [0.5, 0.6) is 0 Å². The second-order valence-electron chi connectivity index (χ2n) is 6.78. The lowest BCUT2D eigenvalue weighted by molar-refractivity contribution is 0.0710. The van der Waals surface area contributed by atoms with Crippen LogP contribution in [0.25, 0.3) is 0 Å². The van der Waals surface area contributed by atoms with Crippen molar-refractivity contribution in [2.45, 2.75) is 51.6 Å².